The van der Waals surface area contributed by atoms with Gasteiger partial charge in [0.15, 0.2) is 11.6 Å². The first-order valence-electron chi connectivity index (χ1n) is 6.27. The Balaban J connectivity index is 1.89. The average Bonchev–Trinajstić information content (AvgIpc) is 2.95. The number of hydrogen-bond acceptors (Lipinski definition) is 6. The lowest BCUT2D eigenvalue weighted by atomic mass is 10.3. The number of aryl methyl sites for hydroxylation is 1. The number of sulfonamides is 1. The molecule has 0 spiro atoms. The van der Waals surface area contributed by atoms with Crippen LogP contribution in [-0.4, -0.2) is 28.0 Å². The van der Waals surface area contributed by atoms with E-state index in [9.17, 15) is 17.2 Å². The average molecular weight is 340 g/mol. The van der Waals surface area contributed by atoms with Crippen LogP contribution < -0.4 is 10.3 Å². The lowest BCUT2D eigenvalue weighted by molar-refractivity contribution is 0.504. The summed E-state index contributed by atoms with van der Waals surface area (Å²) >= 11 is 0. The second kappa shape index (κ2) is 5.52. The molecule has 3 rings (SSSR count). The molecule has 2 heterocycles. The third-order valence-corrected chi connectivity index (χ3v) is 4.14. The van der Waals surface area contributed by atoms with Crippen LogP contribution in [-0.2, 0) is 10.0 Å². The molecule has 2 N–H and O–H groups in total. The van der Waals surface area contributed by atoms with Gasteiger partial charge in [-0.15, -0.1) is 4.83 Å². The van der Waals surface area contributed by atoms with Gasteiger partial charge in [-0.2, -0.15) is 14.6 Å². The van der Waals surface area contributed by atoms with Gasteiger partial charge in [-0.3, -0.25) is 5.43 Å². The normalized spacial score (nSPS) is 11.8. The predicted molar refractivity (Wildman–Crippen MR) is 75.8 cm³/mol. The first-order valence-corrected chi connectivity index (χ1v) is 7.75. The van der Waals surface area contributed by atoms with Crippen molar-refractivity contribution in [2.45, 2.75) is 11.8 Å². The van der Waals surface area contributed by atoms with Gasteiger partial charge < -0.3 is 0 Å². The van der Waals surface area contributed by atoms with Gasteiger partial charge in [0.05, 0.1) is 4.90 Å². The van der Waals surface area contributed by atoms with Crippen LogP contribution in [0.5, 0.6) is 0 Å². The Morgan fingerprint density at radius 2 is 1.96 bits per heavy atom. The van der Waals surface area contributed by atoms with Crippen LogP contribution in [0.25, 0.3) is 5.78 Å². The van der Waals surface area contributed by atoms with Crippen molar-refractivity contribution in [3.05, 3.63) is 47.9 Å². The van der Waals surface area contributed by atoms with Crippen LogP contribution in [0.4, 0.5) is 14.6 Å². The Morgan fingerprint density at radius 3 is 2.70 bits per heavy atom. The van der Waals surface area contributed by atoms with Crippen LogP contribution in [0.15, 0.2) is 35.5 Å². The summed E-state index contributed by atoms with van der Waals surface area (Å²) in [5, 5.41) is 3.90. The van der Waals surface area contributed by atoms with Crippen molar-refractivity contribution in [2.75, 3.05) is 5.43 Å². The van der Waals surface area contributed by atoms with Gasteiger partial charge in [-0.1, -0.05) is 0 Å². The van der Waals surface area contributed by atoms with E-state index >= 15 is 0 Å². The number of fused-ring (bicyclic) bond motifs is 1. The van der Waals surface area contributed by atoms with Crippen LogP contribution in [0.3, 0.4) is 0 Å². The minimum Gasteiger partial charge on any atom is -0.292 e. The second-order valence-electron chi connectivity index (χ2n) is 4.56. The zero-order valence-corrected chi connectivity index (χ0v) is 12.5. The largest absolute Gasteiger partial charge is 0.292 e. The zero-order chi connectivity index (χ0) is 16.6. The van der Waals surface area contributed by atoms with E-state index in [1.165, 1.54) is 16.9 Å². The van der Waals surface area contributed by atoms with Crippen LogP contribution >= 0.6 is 0 Å². The molecule has 2 aromatic heterocycles. The number of aromatic nitrogens is 4. The maximum Gasteiger partial charge on any atom is 0.257 e. The SMILES string of the molecule is Cc1cc(NNS(=O)(=O)c2ccc(F)c(F)c2)n2ncnc2n1. The quantitative estimate of drug-likeness (QED) is 0.688. The third kappa shape index (κ3) is 2.96. The Morgan fingerprint density at radius 1 is 1.17 bits per heavy atom. The highest BCUT2D eigenvalue weighted by Gasteiger charge is 2.17. The fraction of sp³-hybridized carbons (Fsp3) is 0.0833. The maximum atomic E-state index is 13.2. The fourth-order valence-electron chi connectivity index (χ4n) is 1.84. The summed E-state index contributed by atoms with van der Waals surface area (Å²) in [6.07, 6.45) is 1.26. The molecule has 3 aromatic rings. The van der Waals surface area contributed by atoms with E-state index in [2.05, 4.69) is 25.3 Å². The second-order valence-corrected chi connectivity index (χ2v) is 6.24. The summed E-state index contributed by atoms with van der Waals surface area (Å²) in [4.78, 5) is 9.64. The smallest absolute Gasteiger partial charge is 0.257 e. The van der Waals surface area contributed by atoms with Gasteiger partial charge in [0.2, 0.25) is 0 Å². The molecule has 0 radical (unpaired) electrons. The molecule has 11 heteroatoms. The molecule has 0 aliphatic carbocycles. The molecule has 1 aromatic carbocycles. The van der Waals surface area contributed by atoms with Crippen LogP contribution in [0.2, 0.25) is 0 Å². The number of hydrogen-bond donors (Lipinski definition) is 2. The van der Waals surface area contributed by atoms with Gasteiger partial charge in [-0.05, 0) is 25.1 Å². The summed E-state index contributed by atoms with van der Waals surface area (Å²) < 4.78 is 51.6. The number of hydrazine groups is 1. The zero-order valence-electron chi connectivity index (χ0n) is 11.7. The molecule has 0 amide bonds. The van der Waals surface area contributed by atoms with Gasteiger partial charge in [-0.25, -0.2) is 22.2 Å². The van der Waals surface area contributed by atoms with Crippen molar-refractivity contribution >= 4 is 21.6 Å². The highest BCUT2D eigenvalue weighted by molar-refractivity contribution is 7.89. The molecule has 0 saturated carbocycles. The van der Waals surface area contributed by atoms with Crippen molar-refractivity contribution in [3.63, 3.8) is 0 Å². The maximum absolute atomic E-state index is 13.2. The van der Waals surface area contributed by atoms with E-state index in [4.69, 9.17) is 0 Å². The standard InChI is InChI=1S/C12H10F2N6O2S/c1-7-4-11(20-12(17-7)15-6-16-20)18-19-23(21,22)8-2-3-9(13)10(14)5-8/h2-6,18-19H,1H3. The monoisotopic (exact) mass is 340 g/mol. The lowest BCUT2D eigenvalue weighted by Crippen LogP contribution is -2.30. The summed E-state index contributed by atoms with van der Waals surface area (Å²) in [6.45, 7) is 1.70. The number of nitrogens with zero attached hydrogens (tertiary/aromatic N) is 4. The summed E-state index contributed by atoms with van der Waals surface area (Å²) in [5.41, 5.74) is 3.04. The Bertz CT molecular complexity index is 988. The minimum atomic E-state index is -4.11. The molecule has 0 aliphatic heterocycles. The van der Waals surface area contributed by atoms with Gasteiger partial charge in [0.25, 0.3) is 15.8 Å². The molecular weight excluding hydrogens is 330 g/mol. The first kappa shape index (κ1) is 15.2. The van der Waals surface area contributed by atoms with Crippen molar-refractivity contribution in [1.82, 2.24) is 24.4 Å². The number of halogens is 2. The van der Waals surface area contributed by atoms with Crippen molar-refractivity contribution in [2.24, 2.45) is 0 Å². The molecule has 0 bridgehead atoms. The molecule has 0 fully saturated rings. The number of rotatable bonds is 4. The number of nitrogens with one attached hydrogen (secondary N) is 2. The van der Waals surface area contributed by atoms with Crippen molar-refractivity contribution in [3.8, 4) is 0 Å². The Kier molecular flexibility index (Phi) is 3.66. The molecule has 23 heavy (non-hydrogen) atoms. The highest BCUT2D eigenvalue weighted by atomic mass is 32.2. The van der Waals surface area contributed by atoms with Crippen molar-refractivity contribution < 1.29 is 17.2 Å². The fourth-order valence-corrected chi connectivity index (χ4v) is 2.70. The molecule has 8 nitrogen and oxygen atoms in total. The molecule has 0 saturated heterocycles. The van der Waals surface area contributed by atoms with Gasteiger partial charge in [0, 0.05) is 11.8 Å². The first-order chi connectivity index (χ1) is 10.9. The van der Waals surface area contributed by atoms with E-state index < -0.39 is 26.6 Å². The van der Waals surface area contributed by atoms with E-state index in [0.717, 1.165) is 12.1 Å². The minimum absolute atomic E-state index is 0.260. The van der Waals surface area contributed by atoms with Gasteiger partial charge in [0.1, 0.15) is 12.1 Å². The number of benzene rings is 1. The lowest BCUT2D eigenvalue weighted by Gasteiger charge is -2.11. The Hall–Kier alpha value is -2.66. The molecular formula is C12H10F2N6O2S. The third-order valence-electron chi connectivity index (χ3n) is 2.89. The van der Waals surface area contributed by atoms with E-state index in [-0.39, 0.29) is 11.6 Å². The summed E-state index contributed by atoms with van der Waals surface area (Å²) in [5.74, 6) is -1.85. The van der Waals surface area contributed by atoms with Gasteiger partial charge >= 0.3 is 0 Å². The summed E-state index contributed by atoms with van der Waals surface area (Å²) in [7, 11) is -4.11. The predicted octanol–water partition coefficient (Wildman–Crippen LogP) is 1.02. The Labute approximate surface area is 129 Å². The molecule has 0 unspecified atom stereocenters. The van der Waals surface area contributed by atoms with E-state index in [1.54, 1.807) is 6.92 Å². The van der Waals surface area contributed by atoms with E-state index in [1.807, 2.05) is 0 Å². The summed E-state index contributed by atoms with van der Waals surface area (Å²) in [6, 6.07) is 3.80. The highest BCUT2D eigenvalue weighted by Crippen LogP contribution is 2.14. The number of anilines is 1. The molecule has 120 valence electrons. The van der Waals surface area contributed by atoms with Crippen LogP contribution in [0, 0.1) is 18.6 Å². The molecule has 0 aliphatic rings. The van der Waals surface area contributed by atoms with Crippen LogP contribution in [0.1, 0.15) is 5.69 Å². The van der Waals surface area contributed by atoms with Crippen molar-refractivity contribution in [1.29, 1.82) is 0 Å². The molecule has 0 atom stereocenters. The van der Waals surface area contributed by atoms with E-state index in [0.29, 0.717) is 11.8 Å². The topological polar surface area (TPSA) is 101 Å².